The Kier molecular flexibility index (Phi) is 4.53. The molecule has 1 aromatic carbocycles. The van der Waals surface area contributed by atoms with E-state index in [0.717, 1.165) is 21.8 Å². The molecule has 104 valence electrons. The summed E-state index contributed by atoms with van der Waals surface area (Å²) in [7, 11) is 0. The van der Waals surface area contributed by atoms with Gasteiger partial charge in [0.2, 0.25) is 11.8 Å². The predicted octanol–water partition coefficient (Wildman–Crippen LogP) is 3.20. The van der Waals surface area contributed by atoms with Gasteiger partial charge in [-0.15, -0.1) is 11.3 Å². The molecule has 20 heavy (non-hydrogen) atoms. The summed E-state index contributed by atoms with van der Waals surface area (Å²) in [5.41, 5.74) is 2.40. The minimum atomic E-state index is -0.109. The van der Waals surface area contributed by atoms with Gasteiger partial charge in [-0.05, 0) is 42.1 Å². The molecule has 0 aliphatic heterocycles. The quantitative estimate of drug-likeness (QED) is 0.907. The molecule has 0 fully saturated rings. The number of hydrogen-bond acceptors (Lipinski definition) is 3. The smallest absolute Gasteiger partial charge is 0.229 e. The van der Waals surface area contributed by atoms with Gasteiger partial charge in [0.1, 0.15) is 0 Å². The van der Waals surface area contributed by atoms with E-state index in [1.165, 1.54) is 6.92 Å². The molecule has 0 saturated heterocycles. The molecule has 4 nitrogen and oxygen atoms in total. The third kappa shape index (κ3) is 3.93. The van der Waals surface area contributed by atoms with Crippen LogP contribution in [-0.4, -0.2) is 11.8 Å². The van der Waals surface area contributed by atoms with Crippen molar-refractivity contribution in [3.8, 4) is 0 Å². The van der Waals surface area contributed by atoms with E-state index in [0.29, 0.717) is 6.42 Å². The number of thiophene rings is 1. The van der Waals surface area contributed by atoms with E-state index in [-0.39, 0.29) is 11.8 Å². The fourth-order valence-corrected chi connectivity index (χ4v) is 2.55. The molecule has 5 heteroatoms. The highest BCUT2D eigenvalue weighted by Gasteiger charge is 2.07. The van der Waals surface area contributed by atoms with E-state index in [1.54, 1.807) is 23.5 Å². The van der Waals surface area contributed by atoms with Crippen LogP contribution < -0.4 is 10.6 Å². The zero-order valence-electron chi connectivity index (χ0n) is 11.4. The third-order valence-electron chi connectivity index (χ3n) is 2.74. The second-order valence-electron chi connectivity index (χ2n) is 4.52. The van der Waals surface area contributed by atoms with Crippen molar-refractivity contribution in [1.29, 1.82) is 0 Å². The summed E-state index contributed by atoms with van der Waals surface area (Å²) in [5, 5.41) is 7.55. The molecule has 0 unspecified atom stereocenters. The second kappa shape index (κ2) is 6.34. The Hall–Kier alpha value is -2.14. The lowest BCUT2D eigenvalue weighted by molar-refractivity contribution is -0.116. The first-order chi connectivity index (χ1) is 9.54. The van der Waals surface area contributed by atoms with Gasteiger partial charge in [-0.2, -0.15) is 0 Å². The highest BCUT2D eigenvalue weighted by atomic mass is 32.1. The summed E-state index contributed by atoms with van der Waals surface area (Å²) in [5.74, 6) is -0.151. The maximum Gasteiger partial charge on any atom is 0.229 e. The van der Waals surface area contributed by atoms with Crippen LogP contribution in [0.25, 0.3) is 0 Å². The lowest BCUT2D eigenvalue weighted by Crippen LogP contribution is -2.14. The number of carbonyl (C=O) groups is 2. The van der Waals surface area contributed by atoms with Crippen molar-refractivity contribution < 1.29 is 9.59 Å². The Bertz CT molecular complexity index is 621. The molecule has 2 amide bonds. The molecule has 0 aliphatic carbocycles. The van der Waals surface area contributed by atoms with Gasteiger partial charge < -0.3 is 10.6 Å². The van der Waals surface area contributed by atoms with Crippen LogP contribution in [0, 0.1) is 6.92 Å². The number of carbonyl (C=O) groups excluding carboxylic acids is 2. The van der Waals surface area contributed by atoms with Crippen LogP contribution >= 0.6 is 11.3 Å². The fraction of sp³-hybridized carbons (Fsp3) is 0.200. The summed E-state index contributed by atoms with van der Waals surface area (Å²) in [4.78, 5) is 23.9. The van der Waals surface area contributed by atoms with Gasteiger partial charge in [-0.25, -0.2) is 0 Å². The normalized spacial score (nSPS) is 10.1. The number of hydrogen-bond donors (Lipinski definition) is 2. The Balaban J connectivity index is 2.01. The Labute approximate surface area is 121 Å². The lowest BCUT2D eigenvalue weighted by Gasteiger charge is -2.10. The minimum Gasteiger partial charge on any atom is -0.326 e. The standard InChI is InChI=1S/C15H16N2O2S/c1-10-8-12(5-6-14(10)16-11(2)18)17-15(19)9-13-4-3-7-20-13/h3-8H,9H2,1-2H3,(H,16,18)(H,17,19). The number of anilines is 2. The minimum absolute atomic E-state index is 0.0425. The molecule has 0 aliphatic rings. The highest BCUT2D eigenvalue weighted by molar-refractivity contribution is 7.10. The van der Waals surface area contributed by atoms with Crippen molar-refractivity contribution in [2.75, 3.05) is 10.6 Å². The Morgan fingerprint density at radius 1 is 1.20 bits per heavy atom. The molecule has 2 rings (SSSR count). The SMILES string of the molecule is CC(=O)Nc1ccc(NC(=O)Cc2cccs2)cc1C. The molecular formula is C15H16N2O2S. The summed E-state index contributed by atoms with van der Waals surface area (Å²) in [6.07, 6.45) is 0.379. The van der Waals surface area contributed by atoms with E-state index in [4.69, 9.17) is 0 Å². The summed E-state index contributed by atoms with van der Waals surface area (Å²) in [6.45, 7) is 3.36. The monoisotopic (exact) mass is 288 g/mol. The molecule has 1 aromatic heterocycles. The van der Waals surface area contributed by atoms with E-state index < -0.39 is 0 Å². The first-order valence-electron chi connectivity index (χ1n) is 6.25. The average Bonchev–Trinajstić information content (AvgIpc) is 2.85. The van der Waals surface area contributed by atoms with Gasteiger partial charge >= 0.3 is 0 Å². The molecule has 2 aromatic rings. The highest BCUT2D eigenvalue weighted by Crippen LogP contribution is 2.20. The number of nitrogens with one attached hydrogen (secondary N) is 2. The van der Waals surface area contributed by atoms with Crippen LogP contribution in [-0.2, 0) is 16.0 Å². The fourth-order valence-electron chi connectivity index (χ4n) is 1.85. The van der Waals surface area contributed by atoms with Crippen molar-refractivity contribution in [3.05, 3.63) is 46.2 Å². The van der Waals surface area contributed by atoms with Crippen LogP contribution in [0.3, 0.4) is 0 Å². The number of benzene rings is 1. The molecule has 0 spiro atoms. The Morgan fingerprint density at radius 2 is 2.00 bits per heavy atom. The maximum atomic E-state index is 11.9. The predicted molar refractivity (Wildman–Crippen MR) is 82.1 cm³/mol. The Morgan fingerprint density at radius 3 is 2.60 bits per heavy atom. The largest absolute Gasteiger partial charge is 0.326 e. The van der Waals surface area contributed by atoms with Gasteiger partial charge in [0.05, 0.1) is 6.42 Å². The van der Waals surface area contributed by atoms with Crippen molar-refractivity contribution in [2.24, 2.45) is 0 Å². The van der Waals surface area contributed by atoms with Crippen molar-refractivity contribution in [2.45, 2.75) is 20.3 Å². The molecule has 0 saturated carbocycles. The lowest BCUT2D eigenvalue weighted by atomic mass is 10.1. The molecule has 1 heterocycles. The number of aryl methyl sites for hydroxylation is 1. The van der Waals surface area contributed by atoms with Crippen LogP contribution in [0.15, 0.2) is 35.7 Å². The van der Waals surface area contributed by atoms with Gasteiger partial charge in [0, 0.05) is 23.2 Å². The zero-order chi connectivity index (χ0) is 14.5. The topological polar surface area (TPSA) is 58.2 Å². The van der Waals surface area contributed by atoms with Gasteiger partial charge in [-0.3, -0.25) is 9.59 Å². The van der Waals surface area contributed by atoms with Gasteiger partial charge in [0.25, 0.3) is 0 Å². The van der Waals surface area contributed by atoms with E-state index >= 15 is 0 Å². The number of amides is 2. The number of rotatable bonds is 4. The van der Waals surface area contributed by atoms with Crippen LogP contribution in [0.2, 0.25) is 0 Å². The molecular weight excluding hydrogens is 272 g/mol. The van der Waals surface area contributed by atoms with Crippen molar-refractivity contribution in [3.63, 3.8) is 0 Å². The maximum absolute atomic E-state index is 11.9. The van der Waals surface area contributed by atoms with Gasteiger partial charge in [0.15, 0.2) is 0 Å². The van der Waals surface area contributed by atoms with Crippen LogP contribution in [0.1, 0.15) is 17.4 Å². The first kappa shape index (κ1) is 14.3. The van der Waals surface area contributed by atoms with E-state index in [9.17, 15) is 9.59 Å². The van der Waals surface area contributed by atoms with Crippen molar-refractivity contribution in [1.82, 2.24) is 0 Å². The summed E-state index contributed by atoms with van der Waals surface area (Å²) >= 11 is 1.57. The molecule has 2 N–H and O–H groups in total. The summed E-state index contributed by atoms with van der Waals surface area (Å²) in [6, 6.07) is 9.29. The van der Waals surface area contributed by atoms with E-state index in [1.807, 2.05) is 30.5 Å². The van der Waals surface area contributed by atoms with E-state index in [2.05, 4.69) is 10.6 Å². The van der Waals surface area contributed by atoms with Crippen molar-refractivity contribution >= 4 is 34.5 Å². The van der Waals surface area contributed by atoms with Crippen LogP contribution in [0.4, 0.5) is 11.4 Å². The third-order valence-corrected chi connectivity index (χ3v) is 3.61. The summed E-state index contributed by atoms with van der Waals surface area (Å²) < 4.78 is 0. The second-order valence-corrected chi connectivity index (χ2v) is 5.55. The molecule has 0 atom stereocenters. The molecule has 0 bridgehead atoms. The zero-order valence-corrected chi connectivity index (χ0v) is 12.2. The molecule has 0 radical (unpaired) electrons. The van der Waals surface area contributed by atoms with Gasteiger partial charge in [-0.1, -0.05) is 6.07 Å². The first-order valence-corrected chi connectivity index (χ1v) is 7.13. The van der Waals surface area contributed by atoms with Crippen LogP contribution in [0.5, 0.6) is 0 Å². The average molecular weight is 288 g/mol.